The van der Waals surface area contributed by atoms with Crippen LogP contribution < -0.4 is 5.32 Å². The number of fused-ring (bicyclic) bond motifs is 1. The van der Waals surface area contributed by atoms with Crippen LogP contribution in [-0.2, 0) is 17.6 Å². The quantitative estimate of drug-likeness (QED) is 0.903. The van der Waals surface area contributed by atoms with Crippen molar-refractivity contribution in [2.24, 2.45) is 0 Å². The third kappa shape index (κ3) is 2.41. The van der Waals surface area contributed by atoms with Crippen LogP contribution in [0.4, 0.5) is 5.69 Å². The SMILES string of the molecule is Cc1cc2c(c(C(O)Cc3cccs3)c1)NC(=O)C2. The summed E-state index contributed by atoms with van der Waals surface area (Å²) in [7, 11) is 0. The van der Waals surface area contributed by atoms with E-state index in [1.54, 1.807) is 11.3 Å². The van der Waals surface area contributed by atoms with E-state index in [-0.39, 0.29) is 5.91 Å². The molecule has 0 aliphatic carbocycles. The van der Waals surface area contributed by atoms with E-state index in [0.717, 1.165) is 27.3 Å². The van der Waals surface area contributed by atoms with Gasteiger partial charge in [-0.05, 0) is 23.9 Å². The van der Waals surface area contributed by atoms with Gasteiger partial charge < -0.3 is 10.4 Å². The normalized spacial score (nSPS) is 15.2. The standard InChI is InChI=1S/C15H15NO2S/c1-9-5-10-7-14(18)16-15(10)12(6-9)13(17)8-11-3-2-4-19-11/h2-6,13,17H,7-8H2,1H3,(H,16,18). The molecule has 3 nitrogen and oxygen atoms in total. The van der Waals surface area contributed by atoms with Crippen LogP contribution in [0.25, 0.3) is 0 Å². The van der Waals surface area contributed by atoms with Gasteiger partial charge in [-0.25, -0.2) is 0 Å². The molecule has 1 aliphatic heterocycles. The first-order valence-electron chi connectivity index (χ1n) is 6.27. The van der Waals surface area contributed by atoms with Gasteiger partial charge in [-0.3, -0.25) is 4.79 Å². The van der Waals surface area contributed by atoms with E-state index >= 15 is 0 Å². The molecular formula is C15H15NO2S. The molecule has 2 heterocycles. The number of carbonyl (C=O) groups is 1. The largest absolute Gasteiger partial charge is 0.388 e. The molecule has 19 heavy (non-hydrogen) atoms. The van der Waals surface area contributed by atoms with Gasteiger partial charge in [-0.15, -0.1) is 11.3 Å². The summed E-state index contributed by atoms with van der Waals surface area (Å²) < 4.78 is 0. The molecule has 4 heteroatoms. The lowest BCUT2D eigenvalue weighted by Gasteiger charge is -2.15. The molecule has 1 aromatic carbocycles. The van der Waals surface area contributed by atoms with Gasteiger partial charge in [0.05, 0.1) is 18.2 Å². The van der Waals surface area contributed by atoms with Gasteiger partial charge in [0.25, 0.3) is 0 Å². The van der Waals surface area contributed by atoms with Crippen molar-refractivity contribution in [1.82, 2.24) is 0 Å². The Bertz CT molecular complexity index is 619. The van der Waals surface area contributed by atoms with Crippen LogP contribution in [-0.4, -0.2) is 11.0 Å². The molecule has 2 aromatic rings. The van der Waals surface area contributed by atoms with Crippen molar-refractivity contribution < 1.29 is 9.90 Å². The minimum absolute atomic E-state index is 0.00479. The Morgan fingerprint density at radius 2 is 2.32 bits per heavy atom. The van der Waals surface area contributed by atoms with E-state index in [2.05, 4.69) is 5.32 Å². The van der Waals surface area contributed by atoms with Gasteiger partial charge in [0.2, 0.25) is 5.91 Å². The molecule has 1 amide bonds. The monoisotopic (exact) mass is 273 g/mol. The Hall–Kier alpha value is -1.65. The van der Waals surface area contributed by atoms with Gasteiger partial charge in [-0.1, -0.05) is 23.8 Å². The molecule has 0 saturated heterocycles. The summed E-state index contributed by atoms with van der Waals surface area (Å²) >= 11 is 1.64. The van der Waals surface area contributed by atoms with Gasteiger partial charge in [0.1, 0.15) is 0 Å². The average Bonchev–Trinajstić information content (AvgIpc) is 2.96. The number of hydrogen-bond acceptors (Lipinski definition) is 3. The minimum Gasteiger partial charge on any atom is -0.388 e. The highest BCUT2D eigenvalue weighted by molar-refractivity contribution is 7.09. The number of hydrogen-bond donors (Lipinski definition) is 2. The van der Waals surface area contributed by atoms with Crippen LogP contribution >= 0.6 is 11.3 Å². The molecule has 1 aliphatic rings. The van der Waals surface area contributed by atoms with Crippen LogP contribution in [0, 0.1) is 6.92 Å². The number of thiophene rings is 1. The summed E-state index contributed by atoms with van der Waals surface area (Å²) in [5.41, 5.74) is 3.70. The van der Waals surface area contributed by atoms with Crippen molar-refractivity contribution in [1.29, 1.82) is 0 Å². The zero-order chi connectivity index (χ0) is 13.4. The molecular weight excluding hydrogens is 258 g/mol. The Balaban J connectivity index is 1.94. The van der Waals surface area contributed by atoms with E-state index in [1.165, 1.54) is 0 Å². The van der Waals surface area contributed by atoms with Gasteiger partial charge >= 0.3 is 0 Å². The molecule has 1 unspecified atom stereocenters. The second kappa shape index (κ2) is 4.79. The van der Waals surface area contributed by atoms with E-state index in [4.69, 9.17) is 0 Å². The number of carbonyl (C=O) groups excluding carboxylic acids is 1. The lowest BCUT2D eigenvalue weighted by atomic mass is 9.98. The van der Waals surface area contributed by atoms with E-state index in [1.807, 2.05) is 36.6 Å². The lowest BCUT2D eigenvalue weighted by Crippen LogP contribution is -2.08. The first kappa shape index (κ1) is 12.4. The van der Waals surface area contributed by atoms with Crippen LogP contribution in [0.3, 0.4) is 0 Å². The minimum atomic E-state index is -0.578. The predicted molar refractivity (Wildman–Crippen MR) is 76.5 cm³/mol. The Kier molecular flexibility index (Phi) is 3.12. The first-order valence-corrected chi connectivity index (χ1v) is 7.15. The highest BCUT2D eigenvalue weighted by atomic mass is 32.1. The Morgan fingerprint density at radius 3 is 3.05 bits per heavy atom. The Labute approximate surface area is 115 Å². The van der Waals surface area contributed by atoms with Crippen molar-refractivity contribution in [2.75, 3.05) is 5.32 Å². The molecule has 0 bridgehead atoms. The number of aliphatic hydroxyl groups excluding tert-OH is 1. The summed E-state index contributed by atoms with van der Waals surface area (Å²) in [6, 6.07) is 7.97. The summed E-state index contributed by atoms with van der Waals surface area (Å²) in [6.07, 6.45) is 0.421. The van der Waals surface area contributed by atoms with Crippen molar-refractivity contribution in [3.8, 4) is 0 Å². The van der Waals surface area contributed by atoms with E-state index in [9.17, 15) is 9.90 Å². The Morgan fingerprint density at radius 1 is 1.47 bits per heavy atom. The first-order chi connectivity index (χ1) is 9.13. The predicted octanol–water partition coefficient (Wildman–Crippen LogP) is 2.83. The smallest absolute Gasteiger partial charge is 0.228 e. The van der Waals surface area contributed by atoms with Gasteiger partial charge in [-0.2, -0.15) is 0 Å². The number of nitrogens with one attached hydrogen (secondary N) is 1. The molecule has 0 radical (unpaired) electrons. The number of aliphatic hydroxyl groups is 1. The lowest BCUT2D eigenvalue weighted by molar-refractivity contribution is -0.115. The molecule has 0 fully saturated rings. The van der Waals surface area contributed by atoms with Crippen molar-refractivity contribution in [3.63, 3.8) is 0 Å². The van der Waals surface area contributed by atoms with Crippen molar-refractivity contribution in [2.45, 2.75) is 25.9 Å². The second-order valence-corrected chi connectivity index (χ2v) is 5.94. The summed E-state index contributed by atoms with van der Waals surface area (Å²) in [6.45, 7) is 1.99. The summed E-state index contributed by atoms with van der Waals surface area (Å²) in [4.78, 5) is 12.7. The number of rotatable bonds is 3. The van der Waals surface area contributed by atoms with Crippen LogP contribution in [0.15, 0.2) is 29.6 Å². The van der Waals surface area contributed by atoms with Crippen LogP contribution in [0.5, 0.6) is 0 Å². The van der Waals surface area contributed by atoms with Crippen molar-refractivity contribution in [3.05, 3.63) is 51.2 Å². The number of amides is 1. The third-order valence-corrected chi connectivity index (χ3v) is 4.24. The fraction of sp³-hybridized carbons (Fsp3) is 0.267. The van der Waals surface area contributed by atoms with Gasteiger partial charge in [0.15, 0.2) is 0 Å². The van der Waals surface area contributed by atoms with E-state index < -0.39 is 6.10 Å². The number of aryl methyl sites for hydroxylation is 1. The topological polar surface area (TPSA) is 49.3 Å². The zero-order valence-electron chi connectivity index (χ0n) is 10.6. The molecule has 0 saturated carbocycles. The van der Waals surface area contributed by atoms with Crippen LogP contribution in [0.2, 0.25) is 0 Å². The fourth-order valence-electron chi connectivity index (χ4n) is 2.53. The maximum Gasteiger partial charge on any atom is 0.228 e. The molecule has 98 valence electrons. The van der Waals surface area contributed by atoms with E-state index in [0.29, 0.717) is 12.8 Å². The average molecular weight is 273 g/mol. The third-order valence-electron chi connectivity index (χ3n) is 3.34. The summed E-state index contributed by atoms with van der Waals surface area (Å²) in [5.74, 6) is 0.00479. The molecule has 1 atom stereocenters. The summed E-state index contributed by atoms with van der Waals surface area (Å²) in [5, 5.41) is 15.3. The van der Waals surface area contributed by atoms with Crippen molar-refractivity contribution >= 4 is 22.9 Å². The number of benzene rings is 1. The maximum atomic E-state index is 11.5. The van der Waals surface area contributed by atoms with Gasteiger partial charge in [0, 0.05) is 16.9 Å². The fourth-order valence-corrected chi connectivity index (χ4v) is 3.28. The molecule has 2 N–H and O–H groups in total. The zero-order valence-corrected chi connectivity index (χ0v) is 11.5. The number of anilines is 1. The molecule has 3 rings (SSSR count). The molecule has 0 spiro atoms. The highest BCUT2D eigenvalue weighted by Crippen LogP contribution is 2.34. The second-order valence-electron chi connectivity index (χ2n) is 4.91. The molecule has 1 aromatic heterocycles. The maximum absolute atomic E-state index is 11.5. The van der Waals surface area contributed by atoms with Crippen LogP contribution in [0.1, 0.15) is 27.7 Å². The highest BCUT2D eigenvalue weighted by Gasteiger charge is 2.24.